The second-order valence-corrected chi connectivity index (χ2v) is 7.50. The summed E-state index contributed by atoms with van der Waals surface area (Å²) in [4.78, 5) is 16.6. The third-order valence-corrected chi connectivity index (χ3v) is 5.50. The molecule has 7 heteroatoms. The molecule has 4 aromatic rings. The first kappa shape index (κ1) is 21.7. The number of rotatable bonds is 6. The van der Waals surface area contributed by atoms with E-state index in [1.807, 2.05) is 44.8 Å². The van der Waals surface area contributed by atoms with Gasteiger partial charge in [-0.2, -0.15) is 0 Å². The molecular formula is C23H27ClN4O2. The first-order valence-corrected chi connectivity index (χ1v) is 9.82. The molecule has 0 aliphatic heterocycles. The molecule has 0 spiro atoms. The van der Waals surface area contributed by atoms with E-state index in [-0.39, 0.29) is 18.1 Å². The van der Waals surface area contributed by atoms with E-state index in [9.17, 15) is 4.79 Å². The molecule has 0 fully saturated rings. The Morgan fingerprint density at radius 3 is 2.43 bits per heavy atom. The zero-order valence-electron chi connectivity index (χ0n) is 17.8. The van der Waals surface area contributed by atoms with Crippen molar-refractivity contribution in [3.63, 3.8) is 0 Å². The van der Waals surface area contributed by atoms with E-state index in [1.165, 1.54) is 0 Å². The van der Waals surface area contributed by atoms with Crippen LogP contribution in [0.4, 0.5) is 0 Å². The second-order valence-electron chi connectivity index (χ2n) is 7.50. The van der Waals surface area contributed by atoms with E-state index in [2.05, 4.69) is 41.6 Å². The summed E-state index contributed by atoms with van der Waals surface area (Å²) < 4.78 is 11.4. The maximum absolute atomic E-state index is 12.3. The van der Waals surface area contributed by atoms with Crippen LogP contribution in [0.25, 0.3) is 22.3 Å². The molecule has 0 aliphatic rings. The smallest absolute Gasteiger partial charge is 0.328 e. The second kappa shape index (κ2) is 8.79. The molecule has 30 heavy (non-hydrogen) atoms. The fraction of sp³-hybridized carbons (Fsp3) is 0.304. The highest BCUT2D eigenvalue weighted by Crippen LogP contribution is 2.28. The van der Waals surface area contributed by atoms with E-state index in [1.54, 1.807) is 9.13 Å². The lowest BCUT2D eigenvalue weighted by molar-refractivity contribution is 0.300. The fourth-order valence-corrected chi connectivity index (χ4v) is 3.78. The SMILES string of the molecule is Cc1ccccc1OCCCn1cncc1-c1cc2c(cc1C)n(C)c(=O)n2C.Cl. The lowest BCUT2D eigenvalue weighted by Crippen LogP contribution is -2.19. The molecule has 158 valence electrons. The van der Waals surface area contributed by atoms with Gasteiger partial charge in [-0.1, -0.05) is 18.2 Å². The van der Waals surface area contributed by atoms with Crippen molar-refractivity contribution in [1.29, 1.82) is 0 Å². The van der Waals surface area contributed by atoms with Gasteiger partial charge in [0.25, 0.3) is 0 Å². The molecule has 0 radical (unpaired) electrons. The number of halogens is 1. The maximum atomic E-state index is 12.3. The Morgan fingerprint density at radius 2 is 1.70 bits per heavy atom. The molecular weight excluding hydrogens is 400 g/mol. The van der Waals surface area contributed by atoms with Crippen molar-refractivity contribution < 1.29 is 4.74 Å². The Balaban J connectivity index is 0.00000256. The fourth-order valence-electron chi connectivity index (χ4n) is 3.78. The number of ether oxygens (including phenoxy) is 1. The number of benzene rings is 2. The number of fused-ring (bicyclic) bond motifs is 1. The molecule has 0 N–H and O–H groups in total. The number of aromatic nitrogens is 4. The minimum Gasteiger partial charge on any atom is -0.493 e. The summed E-state index contributed by atoms with van der Waals surface area (Å²) in [6.45, 7) is 5.59. The highest BCUT2D eigenvalue weighted by atomic mass is 35.5. The average Bonchev–Trinajstić information content (AvgIpc) is 3.25. The van der Waals surface area contributed by atoms with Crippen LogP contribution in [0.15, 0.2) is 53.7 Å². The molecule has 6 nitrogen and oxygen atoms in total. The monoisotopic (exact) mass is 426 g/mol. The molecule has 0 saturated heterocycles. The van der Waals surface area contributed by atoms with Crippen LogP contribution in [0.5, 0.6) is 5.75 Å². The Morgan fingerprint density at radius 1 is 1.00 bits per heavy atom. The van der Waals surface area contributed by atoms with Crippen LogP contribution in [0, 0.1) is 13.8 Å². The van der Waals surface area contributed by atoms with Gasteiger partial charge in [-0.15, -0.1) is 12.4 Å². The van der Waals surface area contributed by atoms with Gasteiger partial charge in [0, 0.05) is 26.2 Å². The van der Waals surface area contributed by atoms with E-state index < -0.39 is 0 Å². The van der Waals surface area contributed by atoms with Crippen LogP contribution in [-0.4, -0.2) is 25.3 Å². The summed E-state index contributed by atoms with van der Waals surface area (Å²) in [5.41, 5.74) is 6.26. The largest absolute Gasteiger partial charge is 0.493 e. The molecule has 0 bridgehead atoms. The Hall–Kier alpha value is -2.99. The molecule has 0 saturated carbocycles. The Labute approximate surface area is 182 Å². The molecule has 4 rings (SSSR count). The number of nitrogens with zero attached hydrogens (tertiary/aromatic N) is 4. The number of imidazole rings is 2. The highest BCUT2D eigenvalue weighted by Gasteiger charge is 2.14. The van der Waals surface area contributed by atoms with Crippen molar-refractivity contribution >= 4 is 23.4 Å². The molecule has 0 amide bonds. The summed E-state index contributed by atoms with van der Waals surface area (Å²) in [7, 11) is 3.62. The first-order valence-electron chi connectivity index (χ1n) is 9.82. The number of hydrogen-bond donors (Lipinski definition) is 0. The normalized spacial score (nSPS) is 10.9. The number of hydrogen-bond acceptors (Lipinski definition) is 3. The van der Waals surface area contributed by atoms with Crippen molar-refractivity contribution in [3.8, 4) is 17.0 Å². The van der Waals surface area contributed by atoms with E-state index in [0.717, 1.165) is 52.1 Å². The van der Waals surface area contributed by atoms with Gasteiger partial charge < -0.3 is 9.30 Å². The van der Waals surface area contributed by atoms with Crippen molar-refractivity contribution in [3.05, 3.63) is 70.5 Å². The third-order valence-electron chi connectivity index (χ3n) is 5.50. The summed E-state index contributed by atoms with van der Waals surface area (Å²) in [5, 5.41) is 0. The van der Waals surface area contributed by atoms with Gasteiger partial charge in [0.2, 0.25) is 0 Å². The molecule has 2 aromatic carbocycles. The van der Waals surface area contributed by atoms with Crippen LogP contribution in [0.1, 0.15) is 17.5 Å². The Bertz CT molecular complexity index is 1240. The van der Waals surface area contributed by atoms with Crippen molar-refractivity contribution in [2.24, 2.45) is 14.1 Å². The van der Waals surface area contributed by atoms with E-state index in [4.69, 9.17) is 4.74 Å². The zero-order valence-corrected chi connectivity index (χ0v) is 18.6. The maximum Gasteiger partial charge on any atom is 0.328 e. The lowest BCUT2D eigenvalue weighted by Gasteiger charge is -2.12. The third kappa shape index (κ3) is 3.87. The standard InChI is InChI=1S/C23H26N4O2.ClH/c1-16-8-5-6-9-22(16)29-11-7-10-27-15-24-14-21(27)18-13-20-19(12-17(18)2)25(3)23(28)26(20)4;/h5-6,8-9,12-15H,7,10-11H2,1-4H3;1H. The molecule has 2 aromatic heterocycles. The summed E-state index contributed by atoms with van der Waals surface area (Å²) >= 11 is 0. The summed E-state index contributed by atoms with van der Waals surface area (Å²) in [6, 6.07) is 12.2. The summed E-state index contributed by atoms with van der Waals surface area (Å²) in [6.07, 6.45) is 4.62. The zero-order chi connectivity index (χ0) is 20.5. The minimum absolute atomic E-state index is 0. The average molecular weight is 427 g/mol. The molecule has 0 atom stereocenters. The van der Waals surface area contributed by atoms with Crippen LogP contribution in [0.3, 0.4) is 0 Å². The predicted molar refractivity (Wildman–Crippen MR) is 123 cm³/mol. The quantitative estimate of drug-likeness (QED) is 0.433. The Kier molecular flexibility index (Phi) is 6.37. The molecule has 0 aliphatic carbocycles. The van der Waals surface area contributed by atoms with Crippen LogP contribution >= 0.6 is 12.4 Å². The van der Waals surface area contributed by atoms with Gasteiger partial charge in [-0.3, -0.25) is 9.13 Å². The highest BCUT2D eigenvalue weighted by molar-refractivity contribution is 5.85. The molecule has 0 unspecified atom stereocenters. The van der Waals surface area contributed by atoms with Crippen molar-refractivity contribution in [2.45, 2.75) is 26.8 Å². The first-order chi connectivity index (χ1) is 14.0. The van der Waals surface area contributed by atoms with E-state index in [0.29, 0.717) is 6.61 Å². The minimum atomic E-state index is -0.0154. The topological polar surface area (TPSA) is 54.0 Å². The number of para-hydroxylation sites is 1. The number of aryl methyl sites for hydroxylation is 5. The van der Waals surface area contributed by atoms with Gasteiger partial charge in [0.1, 0.15) is 5.75 Å². The van der Waals surface area contributed by atoms with Gasteiger partial charge in [-0.05, 0) is 49.6 Å². The van der Waals surface area contributed by atoms with Crippen LogP contribution < -0.4 is 10.4 Å². The molecule has 2 heterocycles. The lowest BCUT2D eigenvalue weighted by atomic mass is 10.0. The van der Waals surface area contributed by atoms with Crippen LogP contribution in [-0.2, 0) is 20.6 Å². The van der Waals surface area contributed by atoms with Crippen LogP contribution in [0.2, 0.25) is 0 Å². The van der Waals surface area contributed by atoms with E-state index >= 15 is 0 Å². The predicted octanol–water partition coefficient (Wildman–Crippen LogP) is 4.25. The van der Waals surface area contributed by atoms with Gasteiger partial charge in [-0.25, -0.2) is 9.78 Å². The van der Waals surface area contributed by atoms with Crippen molar-refractivity contribution in [2.75, 3.05) is 6.61 Å². The van der Waals surface area contributed by atoms with Gasteiger partial charge >= 0.3 is 5.69 Å². The van der Waals surface area contributed by atoms with Crippen molar-refractivity contribution in [1.82, 2.24) is 18.7 Å². The van der Waals surface area contributed by atoms with Gasteiger partial charge in [0.15, 0.2) is 0 Å². The summed E-state index contributed by atoms with van der Waals surface area (Å²) in [5.74, 6) is 0.935. The van der Waals surface area contributed by atoms with Gasteiger partial charge in [0.05, 0.1) is 35.9 Å².